The molecule has 0 bridgehead atoms. The molecular formula is C18H39Cl2N. The summed E-state index contributed by atoms with van der Waals surface area (Å²) in [6, 6.07) is 0. The average molecular weight is 340 g/mol. The lowest BCUT2D eigenvalue weighted by atomic mass is 10.1. The Morgan fingerprint density at radius 3 is 1.43 bits per heavy atom. The summed E-state index contributed by atoms with van der Waals surface area (Å²) in [5.41, 5.74) is 0. The summed E-state index contributed by atoms with van der Waals surface area (Å²) in [6.45, 7) is 8.66. The standard InChI is InChI=1S/C18H39ClN.ClH/c1-4-6-8-10-13-17-20(3,18-14-11-15-19)16-12-9-7-5-2;/h4-18H2,1-3H3;1H/q+1;/p-1. The van der Waals surface area contributed by atoms with Gasteiger partial charge in [0.15, 0.2) is 0 Å². The van der Waals surface area contributed by atoms with Crippen LogP contribution in [0.1, 0.15) is 84.5 Å². The molecule has 0 N–H and O–H groups in total. The molecule has 0 saturated carbocycles. The zero-order valence-corrected chi connectivity index (χ0v) is 16.3. The lowest BCUT2D eigenvalue weighted by Gasteiger charge is -2.35. The van der Waals surface area contributed by atoms with Crippen molar-refractivity contribution in [3.8, 4) is 0 Å². The molecule has 0 amide bonds. The number of alkyl halides is 1. The fraction of sp³-hybridized carbons (Fsp3) is 1.00. The van der Waals surface area contributed by atoms with Crippen LogP contribution in [0.25, 0.3) is 0 Å². The third kappa shape index (κ3) is 15.2. The molecule has 0 radical (unpaired) electrons. The predicted octanol–water partition coefficient (Wildman–Crippen LogP) is 3.01. The van der Waals surface area contributed by atoms with Crippen molar-refractivity contribution in [1.29, 1.82) is 0 Å². The summed E-state index contributed by atoms with van der Waals surface area (Å²) in [4.78, 5) is 0. The fourth-order valence-electron chi connectivity index (χ4n) is 2.94. The highest BCUT2D eigenvalue weighted by molar-refractivity contribution is 6.17. The molecule has 0 aliphatic rings. The van der Waals surface area contributed by atoms with E-state index in [2.05, 4.69) is 20.9 Å². The van der Waals surface area contributed by atoms with Crippen LogP contribution in [-0.4, -0.2) is 37.0 Å². The SMILES string of the molecule is CCCCCCC[N+](C)(CCCCCl)CCCCCC.[Cl-]. The van der Waals surface area contributed by atoms with E-state index in [-0.39, 0.29) is 12.4 Å². The summed E-state index contributed by atoms with van der Waals surface area (Å²) >= 11 is 5.83. The smallest absolute Gasteiger partial charge is 0.0784 e. The van der Waals surface area contributed by atoms with Crippen LogP contribution >= 0.6 is 11.6 Å². The van der Waals surface area contributed by atoms with Gasteiger partial charge >= 0.3 is 0 Å². The zero-order valence-electron chi connectivity index (χ0n) is 14.8. The van der Waals surface area contributed by atoms with Crippen LogP contribution in [0.5, 0.6) is 0 Å². The quantitative estimate of drug-likeness (QED) is 0.244. The van der Waals surface area contributed by atoms with Gasteiger partial charge < -0.3 is 16.9 Å². The van der Waals surface area contributed by atoms with E-state index in [1.807, 2.05) is 0 Å². The van der Waals surface area contributed by atoms with Gasteiger partial charge in [0.2, 0.25) is 0 Å². The number of hydrogen-bond donors (Lipinski definition) is 0. The monoisotopic (exact) mass is 339 g/mol. The van der Waals surface area contributed by atoms with Crippen LogP contribution in [0, 0.1) is 0 Å². The largest absolute Gasteiger partial charge is 1.00 e. The Morgan fingerprint density at radius 2 is 1.00 bits per heavy atom. The Labute approximate surface area is 145 Å². The van der Waals surface area contributed by atoms with Crippen molar-refractivity contribution in [2.75, 3.05) is 32.6 Å². The maximum absolute atomic E-state index is 5.83. The predicted molar refractivity (Wildman–Crippen MR) is 93.6 cm³/mol. The molecule has 0 rings (SSSR count). The lowest BCUT2D eigenvalue weighted by Crippen LogP contribution is -3.00. The number of hydrogen-bond acceptors (Lipinski definition) is 0. The van der Waals surface area contributed by atoms with Crippen LogP contribution in [-0.2, 0) is 0 Å². The lowest BCUT2D eigenvalue weighted by molar-refractivity contribution is -0.910. The van der Waals surface area contributed by atoms with Gasteiger partial charge in [0.1, 0.15) is 0 Å². The number of unbranched alkanes of at least 4 members (excludes halogenated alkanes) is 8. The van der Waals surface area contributed by atoms with Crippen molar-refractivity contribution in [3.63, 3.8) is 0 Å². The number of halogens is 2. The summed E-state index contributed by atoms with van der Waals surface area (Å²) in [7, 11) is 2.47. The van der Waals surface area contributed by atoms with Gasteiger partial charge in [-0.25, -0.2) is 0 Å². The van der Waals surface area contributed by atoms with Crippen molar-refractivity contribution < 1.29 is 16.9 Å². The van der Waals surface area contributed by atoms with E-state index in [9.17, 15) is 0 Å². The van der Waals surface area contributed by atoms with Crippen LogP contribution in [0.15, 0.2) is 0 Å². The number of rotatable bonds is 15. The second kappa shape index (κ2) is 16.9. The van der Waals surface area contributed by atoms with Gasteiger partial charge in [-0.15, -0.1) is 11.6 Å². The van der Waals surface area contributed by atoms with Crippen LogP contribution in [0.2, 0.25) is 0 Å². The van der Waals surface area contributed by atoms with Crippen molar-refractivity contribution in [2.45, 2.75) is 84.5 Å². The Morgan fingerprint density at radius 1 is 0.619 bits per heavy atom. The van der Waals surface area contributed by atoms with E-state index in [4.69, 9.17) is 11.6 Å². The van der Waals surface area contributed by atoms with Crippen molar-refractivity contribution >= 4 is 11.6 Å². The van der Waals surface area contributed by atoms with E-state index in [0.29, 0.717) is 0 Å². The summed E-state index contributed by atoms with van der Waals surface area (Å²) < 4.78 is 1.28. The van der Waals surface area contributed by atoms with Gasteiger partial charge in [-0.05, 0) is 38.5 Å². The van der Waals surface area contributed by atoms with Gasteiger partial charge in [-0.1, -0.05) is 46.0 Å². The van der Waals surface area contributed by atoms with E-state index in [0.717, 1.165) is 5.88 Å². The summed E-state index contributed by atoms with van der Waals surface area (Å²) in [5.74, 6) is 0.826. The Bertz CT molecular complexity index is 200. The highest BCUT2D eigenvalue weighted by Gasteiger charge is 2.19. The van der Waals surface area contributed by atoms with Gasteiger partial charge in [-0.3, -0.25) is 0 Å². The minimum Gasteiger partial charge on any atom is -1.00 e. The van der Waals surface area contributed by atoms with Crippen molar-refractivity contribution in [3.05, 3.63) is 0 Å². The molecule has 0 aromatic carbocycles. The Hall–Kier alpha value is 0.540. The first-order valence-electron chi connectivity index (χ1n) is 9.08. The first kappa shape index (κ1) is 23.8. The molecule has 0 aromatic heterocycles. The third-order valence-corrected chi connectivity index (χ3v) is 4.70. The molecule has 21 heavy (non-hydrogen) atoms. The number of quaternary nitrogens is 1. The molecule has 1 nitrogen and oxygen atoms in total. The molecule has 0 spiro atoms. The normalized spacial score (nSPS) is 13.7. The second-order valence-electron chi connectivity index (χ2n) is 6.66. The van der Waals surface area contributed by atoms with Gasteiger partial charge in [0, 0.05) is 5.88 Å². The average Bonchev–Trinajstić information content (AvgIpc) is 2.44. The van der Waals surface area contributed by atoms with E-state index in [1.54, 1.807) is 0 Å². The first-order valence-corrected chi connectivity index (χ1v) is 9.61. The molecule has 0 aliphatic heterocycles. The zero-order chi connectivity index (χ0) is 15.1. The fourth-order valence-corrected chi connectivity index (χ4v) is 3.13. The highest BCUT2D eigenvalue weighted by Crippen LogP contribution is 2.14. The van der Waals surface area contributed by atoms with E-state index in [1.165, 1.54) is 94.7 Å². The molecule has 0 aliphatic carbocycles. The summed E-state index contributed by atoms with van der Waals surface area (Å²) in [6.07, 6.45) is 15.0. The topological polar surface area (TPSA) is 0 Å². The molecule has 0 heterocycles. The second-order valence-corrected chi connectivity index (χ2v) is 7.04. The van der Waals surface area contributed by atoms with Crippen LogP contribution in [0.3, 0.4) is 0 Å². The van der Waals surface area contributed by atoms with Crippen molar-refractivity contribution in [1.82, 2.24) is 0 Å². The Balaban J connectivity index is 0. The molecule has 0 saturated heterocycles. The van der Waals surface area contributed by atoms with E-state index >= 15 is 0 Å². The molecule has 1 unspecified atom stereocenters. The molecule has 0 aromatic rings. The summed E-state index contributed by atoms with van der Waals surface area (Å²) in [5, 5.41) is 0. The molecule has 0 fully saturated rings. The molecule has 1 atom stereocenters. The van der Waals surface area contributed by atoms with Gasteiger partial charge in [0.25, 0.3) is 0 Å². The molecule has 130 valence electrons. The van der Waals surface area contributed by atoms with Gasteiger partial charge in [0.05, 0.1) is 26.7 Å². The minimum absolute atomic E-state index is 0. The first-order chi connectivity index (χ1) is 9.68. The highest BCUT2D eigenvalue weighted by atomic mass is 35.5. The van der Waals surface area contributed by atoms with Gasteiger partial charge in [-0.2, -0.15) is 0 Å². The molecular weight excluding hydrogens is 301 g/mol. The number of nitrogens with zero attached hydrogens (tertiary/aromatic N) is 1. The Kier molecular flexibility index (Phi) is 19.2. The molecule has 3 heteroatoms. The van der Waals surface area contributed by atoms with Crippen molar-refractivity contribution in [2.24, 2.45) is 0 Å². The van der Waals surface area contributed by atoms with Crippen LogP contribution in [0.4, 0.5) is 0 Å². The van der Waals surface area contributed by atoms with Crippen LogP contribution < -0.4 is 12.4 Å². The van der Waals surface area contributed by atoms with E-state index < -0.39 is 0 Å². The maximum Gasteiger partial charge on any atom is 0.0784 e. The minimum atomic E-state index is 0. The third-order valence-electron chi connectivity index (χ3n) is 4.43. The maximum atomic E-state index is 5.83.